The summed E-state index contributed by atoms with van der Waals surface area (Å²) in [4.78, 5) is 0. The van der Waals surface area contributed by atoms with Crippen molar-refractivity contribution in [3.63, 3.8) is 0 Å². The molecule has 10 heavy (non-hydrogen) atoms. The molecule has 1 heterocycles. The van der Waals surface area contributed by atoms with Gasteiger partial charge in [-0.15, -0.1) is 0 Å². The summed E-state index contributed by atoms with van der Waals surface area (Å²) in [5, 5.41) is 0.997. The van der Waals surface area contributed by atoms with E-state index in [0.29, 0.717) is 0 Å². The Bertz CT molecular complexity index is 77.3. The first kappa shape index (κ1) is 8.79. The minimum atomic E-state index is 0.997. The first-order chi connectivity index (χ1) is 4.93. The van der Waals surface area contributed by atoms with Crippen molar-refractivity contribution in [2.24, 2.45) is 0 Å². The van der Waals surface area contributed by atoms with Crippen molar-refractivity contribution < 1.29 is 0 Å². The van der Waals surface area contributed by atoms with Crippen molar-refractivity contribution in [1.29, 1.82) is 0 Å². The van der Waals surface area contributed by atoms with Gasteiger partial charge in [0, 0.05) is 11.0 Å². The molecule has 60 valence electrons. The molecule has 0 N–H and O–H groups in total. The van der Waals surface area contributed by atoms with E-state index in [0.717, 1.165) is 5.25 Å². The highest BCUT2D eigenvalue weighted by molar-refractivity contribution is 8.77. The lowest BCUT2D eigenvalue weighted by molar-refractivity contribution is 0.642. The van der Waals surface area contributed by atoms with Gasteiger partial charge >= 0.3 is 0 Å². The second-order valence-corrected chi connectivity index (χ2v) is 5.61. The van der Waals surface area contributed by atoms with Crippen molar-refractivity contribution in [3.8, 4) is 0 Å². The summed E-state index contributed by atoms with van der Waals surface area (Å²) in [5.41, 5.74) is 0. The maximum absolute atomic E-state index is 2.27. The van der Waals surface area contributed by atoms with Crippen LogP contribution in [0.15, 0.2) is 0 Å². The van der Waals surface area contributed by atoms with E-state index in [4.69, 9.17) is 0 Å². The van der Waals surface area contributed by atoms with Gasteiger partial charge in [0.2, 0.25) is 0 Å². The van der Waals surface area contributed by atoms with Crippen LogP contribution in [0.25, 0.3) is 0 Å². The molecule has 0 saturated carbocycles. The van der Waals surface area contributed by atoms with Gasteiger partial charge in [0.15, 0.2) is 0 Å². The van der Waals surface area contributed by atoms with Crippen LogP contribution < -0.4 is 0 Å². The number of hydrogen-bond acceptors (Lipinski definition) is 2. The molecule has 1 saturated heterocycles. The van der Waals surface area contributed by atoms with E-state index in [1.54, 1.807) is 0 Å². The molecular weight excluding hydrogens is 160 g/mol. The molecule has 1 aliphatic heterocycles. The van der Waals surface area contributed by atoms with E-state index in [2.05, 4.69) is 28.5 Å². The molecule has 0 unspecified atom stereocenters. The zero-order valence-corrected chi connectivity index (χ0v) is 8.27. The molecule has 0 aromatic heterocycles. The molecule has 0 amide bonds. The average molecular weight is 176 g/mol. The van der Waals surface area contributed by atoms with Crippen molar-refractivity contribution in [2.75, 3.05) is 5.75 Å². The van der Waals surface area contributed by atoms with Crippen molar-refractivity contribution in [1.82, 2.24) is 0 Å². The Morgan fingerprint density at radius 2 is 2.30 bits per heavy atom. The maximum Gasteiger partial charge on any atom is 0.0159 e. The second-order valence-electron chi connectivity index (χ2n) is 2.82. The third-order valence-electron chi connectivity index (χ3n) is 1.86. The minimum Gasteiger partial charge on any atom is -0.0938 e. The molecule has 0 nitrogen and oxygen atoms in total. The first-order valence-electron chi connectivity index (χ1n) is 4.21. The Morgan fingerprint density at radius 1 is 1.40 bits per heavy atom. The molecule has 0 radical (unpaired) electrons. The van der Waals surface area contributed by atoms with E-state index in [1.807, 2.05) is 0 Å². The van der Waals surface area contributed by atoms with Gasteiger partial charge in [-0.1, -0.05) is 47.8 Å². The van der Waals surface area contributed by atoms with Gasteiger partial charge in [-0.2, -0.15) is 0 Å². The summed E-state index contributed by atoms with van der Waals surface area (Å²) in [7, 11) is 4.17. The van der Waals surface area contributed by atoms with Gasteiger partial charge in [0.25, 0.3) is 0 Å². The quantitative estimate of drug-likeness (QED) is 0.473. The van der Waals surface area contributed by atoms with Crippen LogP contribution in [0.2, 0.25) is 0 Å². The van der Waals surface area contributed by atoms with Crippen LogP contribution in [-0.2, 0) is 0 Å². The van der Waals surface area contributed by atoms with Crippen LogP contribution in [0.5, 0.6) is 0 Å². The fraction of sp³-hybridized carbons (Fsp3) is 1.00. The van der Waals surface area contributed by atoms with Crippen LogP contribution in [0, 0.1) is 0 Å². The SMILES string of the molecule is CCCCC[C@@H]1CCSS1. The predicted octanol–water partition coefficient (Wildman–Crippen LogP) is 3.72. The van der Waals surface area contributed by atoms with Gasteiger partial charge in [-0.3, -0.25) is 0 Å². The summed E-state index contributed by atoms with van der Waals surface area (Å²) < 4.78 is 0. The molecule has 1 fully saturated rings. The normalized spacial score (nSPS) is 25.5. The first-order valence-corrected chi connectivity index (χ1v) is 6.60. The lowest BCUT2D eigenvalue weighted by Gasteiger charge is -2.04. The third-order valence-corrected chi connectivity index (χ3v) is 4.86. The standard InChI is InChI=1S/C8H16S2/c1-2-3-4-5-8-6-7-9-10-8/h8H,2-7H2,1H3/t8-/m1/s1. The van der Waals surface area contributed by atoms with Crippen LogP contribution >= 0.6 is 21.6 Å². The van der Waals surface area contributed by atoms with Crippen molar-refractivity contribution in [3.05, 3.63) is 0 Å². The Kier molecular flexibility index (Phi) is 4.72. The van der Waals surface area contributed by atoms with Crippen LogP contribution in [0.4, 0.5) is 0 Å². The van der Waals surface area contributed by atoms with Gasteiger partial charge in [0.05, 0.1) is 0 Å². The molecule has 1 atom stereocenters. The number of unbranched alkanes of at least 4 members (excludes halogenated alkanes) is 2. The van der Waals surface area contributed by atoms with Crippen molar-refractivity contribution in [2.45, 2.75) is 44.3 Å². The van der Waals surface area contributed by atoms with Gasteiger partial charge in [0.1, 0.15) is 0 Å². The van der Waals surface area contributed by atoms with Gasteiger partial charge in [-0.05, 0) is 12.8 Å². The van der Waals surface area contributed by atoms with Crippen molar-refractivity contribution >= 4 is 21.6 Å². The molecule has 0 aromatic rings. The minimum absolute atomic E-state index is 0.997. The lowest BCUT2D eigenvalue weighted by atomic mass is 10.1. The Hall–Kier alpha value is 0.700. The highest BCUT2D eigenvalue weighted by atomic mass is 33.1. The Balaban J connectivity index is 1.91. The Morgan fingerprint density at radius 3 is 2.90 bits per heavy atom. The molecule has 0 spiro atoms. The van der Waals surface area contributed by atoms with E-state index < -0.39 is 0 Å². The monoisotopic (exact) mass is 176 g/mol. The second kappa shape index (κ2) is 5.36. The third kappa shape index (κ3) is 3.20. The smallest absolute Gasteiger partial charge is 0.0159 e. The molecule has 0 aliphatic carbocycles. The van der Waals surface area contributed by atoms with Crippen LogP contribution in [-0.4, -0.2) is 11.0 Å². The zero-order chi connectivity index (χ0) is 7.23. The fourth-order valence-corrected chi connectivity index (χ4v) is 4.21. The van der Waals surface area contributed by atoms with Crippen LogP contribution in [0.1, 0.15) is 39.0 Å². The lowest BCUT2D eigenvalue weighted by Crippen LogP contribution is -1.96. The van der Waals surface area contributed by atoms with Gasteiger partial charge in [-0.25, -0.2) is 0 Å². The highest BCUT2D eigenvalue weighted by Gasteiger charge is 2.14. The average Bonchev–Trinajstić information content (AvgIpc) is 2.41. The van der Waals surface area contributed by atoms with E-state index in [9.17, 15) is 0 Å². The highest BCUT2D eigenvalue weighted by Crippen LogP contribution is 2.39. The predicted molar refractivity (Wildman–Crippen MR) is 52.6 cm³/mol. The molecule has 2 heteroatoms. The van der Waals surface area contributed by atoms with E-state index in [-0.39, 0.29) is 0 Å². The van der Waals surface area contributed by atoms with E-state index in [1.165, 1.54) is 37.9 Å². The molecule has 0 aromatic carbocycles. The summed E-state index contributed by atoms with van der Waals surface area (Å²) in [6.45, 7) is 2.27. The topological polar surface area (TPSA) is 0 Å². The zero-order valence-electron chi connectivity index (χ0n) is 6.64. The number of hydrogen-bond donors (Lipinski definition) is 0. The Labute approximate surface area is 71.9 Å². The van der Waals surface area contributed by atoms with Crippen LogP contribution in [0.3, 0.4) is 0 Å². The molecule has 1 rings (SSSR count). The fourth-order valence-electron chi connectivity index (χ4n) is 1.19. The van der Waals surface area contributed by atoms with Gasteiger partial charge < -0.3 is 0 Å². The summed E-state index contributed by atoms with van der Waals surface area (Å²) in [6.07, 6.45) is 7.17. The summed E-state index contributed by atoms with van der Waals surface area (Å²) in [6, 6.07) is 0. The molecular formula is C8H16S2. The largest absolute Gasteiger partial charge is 0.0938 e. The maximum atomic E-state index is 2.27. The molecule has 0 bridgehead atoms. The molecule has 1 aliphatic rings. The van der Waals surface area contributed by atoms with E-state index >= 15 is 0 Å². The number of rotatable bonds is 4. The summed E-state index contributed by atoms with van der Waals surface area (Å²) >= 11 is 0. The summed E-state index contributed by atoms with van der Waals surface area (Å²) in [5.74, 6) is 1.39.